The van der Waals surface area contributed by atoms with E-state index in [-0.39, 0.29) is 17.5 Å². The highest BCUT2D eigenvalue weighted by atomic mass is 16.4. The number of nitrogens with zero attached hydrogens (tertiary/aromatic N) is 1. The quantitative estimate of drug-likeness (QED) is 0.373. The van der Waals surface area contributed by atoms with Gasteiger partial charge in [0.05, 0.1) is 12.4 Å². The van der Waals surface area contributed by atoms with Crippen molar-refractivity contribution in [1.29, 1.82) is 0 Å². The monoisotopic (exact) mass is 282 g/mol. The van der Waals surface area contributed by atoms with Gasteiger partial charge in [0.25, 0.3) is 0 Å². The predicted molar refractivity (Wildman–Crippen MR) is 69.0 cm³/mol. The molecule has 1 heterocycles. The summed E-state index contributed by atoms with van der Waals surface area (Å²) in [7, 11) is 0. The first-order valence-electron chi connectivity index (χ1n) is 5.62. The summed E-state index contributed by atoms with van der Waals surface area (Å²) in [4.78, 5) is 22.4. The van der Waals surface area contributed by atoms with Crippen LogP contribution < -0.4 is 5.32 Å². The van der Waals surface area contributed by atoms with E-state index in [0.29, 0.717) is 0 Å². The van der Waals surface area contributed by atoms with Crippen LogP contribution in [0.2, 0.25) is 0 Å². The third-order valence-electron chi connectivity index (χ3n) is 2.42. The molecule has 0 saturated carbocycles. The van der Waals surface area contributed by atoms with Crippen LogP contribution in [0.15, 0.2) is 23.2 Å². The molecule has 8 heteroatoms. The number of phenols is 2. The van der Waals surface area contributed by atoms with Gasteiger partial charge in [0.2, 0.25) is 0 Å². The molecule has 0 aliphatic carbocycles. The van der Waals surface area contributed by atoms with E-state index < -0.39 is 11.9 Å². The van der Waals surface area contributed by atoms with Gasteiger partial charge in [-0.25, -0.2) is 9.59 Å². The van der Waals surface area contributed by atoms with Crippen LogP contribution in [-0.4, -0.2) is 51.3 Å². The summed E-state index contributed by atoms with van der Waals surface area (Å²) in [5.41, 5.74) is 0.978. The third-order valence-corrected chi connectivity index (χ3v) is 2.42. The van der Waals surface area contributed by atoms with Gasteiger partial charge in [-0.15, -0.1) is 0 Å². The smallest absolute Gasteiger partial charge is 0.414 e. The topological polar surface area (TPSA) is 139 Å². The maximum atomic E-state index is 9.27. The summed E-state index contributed by atoms with van der Waals surface area (Å²) in [6, 6.07) is 5.10. The number of nitrogens with one attached hydrogen (secondary N) is 1. The number of carboxylic acids is 2. The average Bonchev–Trinajstić information content (AvgIpc) is 2.87. The molecule has 1 aromatic carbocycles. The number of rotatable bonds is 2. The Kier molecular flexibility index (Phi) is 5.33. The van der Waals surface area contributed by atoms with E-state index in [4.69, 9.17) is 24.9 Å². The van der Waals surface area contributed by atoms with E-state index in [9.17, 15) is 5.11 Å². The molecule has 0 amide bonds. The number of phenolic OH excluding ortho intramolecular Hbond substituents is 2. The molecule has 2 rings (SSSR count). The largest absolute Gasteiger partial charge is 0.504 e. The van der Waals surface area contributed by atoms with Crippen LogP contribution in [0.4, 0.5) is 0 Å². The van der Waals surface area contributed by atoms with Gasteiger partial charge in [0.15, 0.2) is 11.5 Å². The minimum absolute atomic E-state index is 0.0718. The highest BCUT2D eigenvalue weighted by Gasteiger charge is 2.11. The number of aliphatic carboxylic acids is 2. The van der Waals surface area contributed by atoms with Crippen LogP contribution >= 0.6 is 0 Å². The van der Waals surface area contributed by atoms with E-state index in [1.807, 2.05) is 0 Å². The van der Waals surface area contributed by atoms with Crippen molar-refractivity contribution in [2.45, 2.75) is 12.5 Å². The van der Waals surface area contributed by atoms with Crippen LogP contribution in [0.25, 0.3) is 0 Å². The van der Waals surface area contributed by atoms with Gasteiger partial charge in [-0.05, 0) is 24.1 Å². The van der Waals surface area contributed by atoms with Gasteiger partial charge in [0.1, 0.15) is 0 Å². The predicted octanol–water partition coefficient (Wildman–Crippen LogP) is -0.204. The fraction of sp³-hybridized carbons (Fsp3) is 0.250. The lowest BCUT2D eigenvalue weighted by Gasteiger charge is -2.07. The van der Waals surface area contributed by atoms with Crippen molar-refractivity contribution in [3.05, 3.63) is 23.8 Å². The Hall–Kier alpha value is -2.77. The van der Waals surface area contributed by atoms with Crippen molar-refractivity contribution in [3.8, 4) is 11.5 Å². The van der Waals surface area contributed by atoms with Crippen LogP contribution in [-0.2, 0) is 16.0 Å². The first-order chi connectivity index (χ1) is 9.40. The average molecular weight is 282 g/mol. The SMILES string of the molecule is O=C(O)C(=O)O.Oc1ccc(C[C@H]2CNC=N2)cc1O. The Labute approximate surface area is 114 Å². The van der Waals surface area contributed by atoms with Gasteiger partial charge in [-0.2, -0.15) is 0 Å². The van der Waals surface area contributed by atoms with Crippen molar-refractivity contribution < 1.29 is 30.0 Å². The van der Waals surface area contributed by atoms with E-state index in [1.165, 1.54) is 6.07 Å². The van der Waals surface area contributed by atoms with Gasteiger partial charge < -0.3 is 25.7 Å². The van der Waals surface area contributed by atoms with Crippen LogP contribution in [0.5, 0.6) is 11.5 Å². The second-order valence-corrected chi connectivity index (χ2v) is 3.98. The second kappa shape index (κ2) is 6.98. The van der Waals surface area contributed by atoms with E-state index in [2.05, 4.69) is 10.3 Å². The molecule has 20 heavy (non-hydrogen) atoms. The number of benzene rings is 1. The summed E-state index contributed by atoms with van der Waals surface area (Å²) in [6.07, 6.45) is 2.47. The van der Waals surface area contributed by atoms with Gasteiger partial charge in [-0.3, -0.25) is 4.99 Å². The molecule has 0 spiro atoms. The van der Waals surface area contributed by atoms with Crippen molar-refractivity contribution in [2.75, 3.05) is 6.54 Å². The molecule has 1 atom stereocenters. The van der Waals surface area contributed by atoms with Crippen LogP contribution in [0, 0.1) is 0 Å². The maximum Gasteiger partial charge on any atom is 0.414 e. The van der Waals surface area contributed by atoms with Gasteiger partial charge >= 0.3 is 11.9 Å². The minimum atomic E-state index is -1.82. The van der Waals surface area contributed by atoms with E-state index in [1.54, 1.807) is 18.5 Å². The zero-order chi connectivity index (χ0) is 15.1. The first kappa shape index (κ1) is 15.3. The first-order valence-corrected chi connectivity index (χ1v) is 5.62. The summed E-state index contributed by atoms with van der Waals surface area (Å²) in [5.74, 6) is -3.80. The summed E-state index contributed by atoms with van der Waals surface area (Å²) < 4.78 is 0. The molecule has 8 nitrogen and oxygen atoms in total. The summed E-state index contributed by atoms with van der Waals surface area (Å²) in [6.45, 7) is 0.835. The number of hydrogen-bond acceptors (Lipinski definition) is 6. The molecule has 0 unspecified atom stereocenters. The molecular weight excluding hydrogens is 268 g/mol. The highest BCUT2D eigenvalue weighted by molar-refractivity contribution is 6.27. The van der Waals surface area contributed by atoms with Crippen molar-refractivity contribution in [2.24, 2.45) is 4.99 Å². The number of aliphatic imine (C=N–C) groups is 1. The summed E-state index contributed by atoms with van der Waals surface area (Å²) in [5, 5.41) is 36.2. The van der Waals surface area contributed by atoms with E-state index in [0.717, 1.165) is 18.5 Å². The molecule has 0 radical (unpaired) electrons. The lowest BCUT2D eigenvalue weighted by molar-refractivity contribution is -0.159. The zero-order valence-corrected chi connectivity index (χ0v) is 10.4. The van der Waals surface area contributed by atoms with Crippen LogP contribution in [0.3, 0.4) is 0 Å². The maximum absolute atomic E-state index is 9.27. The second-order valence-electron chi connectivity index (χ2n) is 3.98. The number of hydrogen-bond donors (Lipinski definition) is 5. The van der Waals surface area contributed by atoms with Gasteiger partial charge in [0, 0.05) is 6.54 Å². The van der Waals surface area contributed by atoms with Crippen molar-refractivity contribution in [1.82, 2.24) is 5.32 Å². The van der Waals surface area contributed by atoms with E-state index >= 15 is 0 Å². The Bertz CT molecular complexity index is 517. The standard InChI is InChI=1S/C10H12N2O2.C2H2O4/c13-9-2-1-7(4-10(9)14)3-8-5-11-6-12-8;3-1(4)2(5)6/h1-2,4,6,8,13-14H,3,5H2,(H,11,12);(H,3,4)(H,5,6)/t8-;/m0./s1. The molecule has 5 N–H and O–H groups in total. The zero-order valence-electron chi connectivity index (χ0n) is 10.4. The summed E-state index contributed by atoms with van der Waals surface area (Å²) >= 11 is 0. The van der Waals surface area contributed by atoms with Crippen molar-refractivity contribution >= 4 is 18.3 Å². The third kappa shape index (κ3) is 4.84. The fourth-order valence-electron chi connectivity index (χ4n) is 1.49. The lowest BCUT2D eigenvalue weighted by atomic mass is 10.1. The van der Waals surface area contributed by atoms with Crippen LogP contribution in [0.1, 0.15) is 5.56 Å². The molecule has 0 aromatic heterocycles. The fourth-order valence-corrected chi connectivity index (χ4v) is 1.49. The molecule has 0 fully saturated rings. The Morgan fingerprint density at radius 1 is 1.20 bits per heavy atom. The number of carbonyl (C=O) groups is 2. The molecule has 0 bridgehead atoms. The minimum Gasteiger partial charge on any atom is -0.504 e. The molecule has 0 saturated heterocycles. The molecule has 1 aliphatic rings. The number of carboxylic acid groups (broad SMARTS) is 2. The Balaban J connectivity index is 0.000000286. The molecular formula is C12H14N2O6. The normalized spacial score (nSPS) is 15.9. The molecule has 108 valence electrons. The Morgan fingerprint density at radius 2 is 1.85 bits per heavy atom. The molecule has 1 aliphatic heterocycles. The Morgan fingerprint density at radius 3 is 2.30 bits per heavy atom. The van der Waals surface area contributed by atoms with Gasteiger partial charge in [-0.1, -0.05) is 6.07 Å². The molecule has 1 aromatic rings. The number of aromatic hydroxyl groups is 2. The highest BCUT2D eigenvalue weighted by Crippen LogP contribution is 2.25. The lowest BCUT2D eigenvalue weighted by Crippen LogP contribution is -2.17. The van der Waals surface area contributed by atoms with Crippen molar-refractivity contribution in [3.63, 3.8) is 0 Å².